The lowest BCUT2D eigenvalue weighted by Crippen LogP contribution is -2.47. The maximum Gasteiger partial charge on any atom is 0.264 e. The summed E-state index contributed by atoms with van der Waals surface area (Å²) >= 11 is 0. The minimum Gasteiger partial charge on any atom is -0.475 e. The van der Waals surface area contributed by atoms with E-state index in [0.717, 1.165) is 47.5 Å². The Morgan fingerprint density at radius 2 is 1.71 bits per heavy atom. The van der Waals surface area contributed by atoms with Crippen molar-refractivity contribution in [1.82, 2.24) is 19.9 Å². The zero-order valence-electron chi connectivity index (χ0n) is 28.5. The number of carbonyl (C=O) groups excluding carboxylic acids is 1. The molecule has 6 rings (SSSR count). The number of rotatable bonds is 7. The van der Waals surface area contributed by atoms with Crippen molar-refractivity contribution in [3.8, 4) is 17.1 Å². The molecule has 0 unspecified atom stereocenters. The Kier molecular flexibility index (Phi) is 9.17. The second-order valence-electron chi connectivity index (χ2n) is 13.8. The van der Waals surface area contributed by atoms with Gasteiger partial charge in [0, 0.05) is 30.3 Å². The van der Waals surface area contributed by atoms with Crippen molar-refractivity contribution >= 4 is 27.7 Å². The average molecular weight is 669 g/mol. The fraction of sp³-hybridized carbons (Fsp3) is 0.405. The van der Waals surface area contributed by atoms with Crippen LogP contribution in [-0.2, 0) is 16.6 Å². The molecule has 1 aliphatic carbocycles. The molecule has 10 nitrogen and oxygen atoms in total. The molecule has 1 atom stereocenters. The van der Waals surface area contributed by atoms with Crippen LogP contribution in [-0.4, -0.2) is 59.9 Å². The Bertz CT molecular complexity index is 1920. The van der Waals surface area contributed by atoms with Gasteiger partial charge in [0.2, 0.25) is 11.8 Å². The number of pyridine rings is 1. The Balaban J connectivity index is 1.48. The van der Waals surface area contributed by atoms with E-state index in [1.165, 1.54) is 12.1 Å². The molecule has 0 radical (unpaired) electrons. The van der Waals surface area contributed by atoms with Gasteiger partial charge in [-0.05, 0) is 93.8 Å². The van der Waals surface area contributed by atoms with Crippen LogP contribution < -0.4 is 14.4 Å². The second-order valence-corrected chi connectivity index (χ2v) is 15.5. The Morgan fingerprint density at radius 1 is 1.00 bits per heavy atom. The minimum absolute atomic E-state index is 0.0423. The molecule has 3 heterocycles. The van der Waals surface area contributed by atoms with Gasteiger partial charge in [0.15, 0.2) is 0 Å². The molecule has 11 heteroatoms. The van der Waals surface area contributed by atoms with Gasteiger partial charge < -0.3 is 14.5 Å². The van der Waals surface area contributed by atoms with E-state index >= 15 is 0 Å². The number of amides is 1. The number of aromatic nitrogens is 3. The highest BCUT2D eigenvalue weighted by atomic mass is 32.2. The second kappa shape index (κ2) is 13.2. The van der Waals surface area contributed by atoms with Gasteiger partial charge in [-0.25, -0.2) is 23.1 Å². The standard InChI is InChI=1S/C37H44N6O4S/c1-24(2)42(6)32-16-9-14-28(38-32)22-43-29(21-37(5)17-10-18-37)23-47-33-20-31(34-25(3)11-7-12-26(34)4)39-36(40-33)41-48(45,46)30-15-8-13-27(19-30)35(43)44/h7-9,11-16,19-20,24,29H,10,17-18,21-23H2,1-6H3,(H,39,40,41)/t29-/m1/s1. The average Bonchev–Trinajstić information content (AvgIpc) is 3.04. The Labute approximate surface area is 283 Å². The SMILES string of the molecule is Cc1cccc(C)c1-c1cc2nc(n1)NS(=O)(=O)c1cccc(c1)C(=O)N(Cc1cccc(N(C)C(C)C)n1)[C@H](CC1(C)CCC1)CO2. The van der Waals surface area contributed by atoms with Crippen LogP contribution >= 0.6 is 0 Å². The van der Waals surface area contributed by atoms with E-state index in [9.17, 15) is 13.2 Å². The summed E-state index contributed by atoms with van der Waals surface area (Å²) in [5.74, 6) is 0.643. The van der Waals surface area contributed by atoms with Gasteiger partial charge in [-0.2, -0.15) is 4.98 Å². The highest BCUT2D eigenvalue weighted by Gasteiger charge is 2.38. The predicted octanol–water partition coefficient (Wildman–Crippen LogP) is 6.78. The molecule has 2 aliphatic rings. The van der Waals surface area contributed by atoms with Gasteiger partial charge in [-0.15, -0.1) is 0 Å². The quantitative estimate of drug-likeness (QED) is 0.229. The maximum atomic E-state index is 14.5. The largest absolute Gasteiger partial charge is 0.475 e. The third-order valence-corrected chi connectivity index (χ3v) is 11.1. The number of sulfonamides is 1. The van der Waals surface area contributed by atoms with E-state index in [4.69, 9.17) is 9.72 Å². The summed E-state index contributed by atoms with van der Waals surface area (Å²) in [6.07, 6.45) is 3.97. The summed E-state index contributed by atoms with van der Waals surface area (Å²) in [6, 6.07) is 19.6. The molecule has 1 amide bonds. The third kappa shape index (κ3) is 7.01. The number of carbonyl (C=O) groups is 1. The molecule has 0 saturated heterocycles. The summed E-state index contributed by atoms with van der Waals surface area (Å²) in [5.41, 5.74) is 4.44. The van der Waals surface area contributed by atoms with Gasteiger partial charge in [-0.3, -0.25) is 4.79 Å². The van der Waals surface area contributed by atoms with Crippen molar-refractivity contribution in [3.63, 3.8) is 0 Å². The zero-order valence-corrected chi connectivity index (χ0v) is 29.3. The van der Waals surface area contributed by atoms with E-state index in [1.54, 1.807) is 23.1 Å². The van der Waals surface area contributed by atoms with E-state index in [2.05, 4.69) is 40.4 Å². The van der Waals surface area contributed by atoms with E-state index in [-0.39, 0.29) is 58.8 Å². The molecule has 2 aromatic carbocycles. The number of nitrogens with zero attached hydrogens (tertiary/aromatic N) is 5. The van der Waals surface area contributed by atoms with Crippen molar-refractivity contribution in [3.05, 3.63) is 89.1 Å². The van der Waals surface area contributed by atoms with Crippen LogP contribution in [0.25, 0.3) is 11.3 Å². The molecule has 4 bridgehead atoms. The third-order valence-electron chi connectivity index (χ3n) is 9.73. The molecule has 1 saturated carbocycles. The fourth-order valence-electron chi connectivity index (χ4n) is 6.58. The fourth-order valence-corrected chi connectivity index (χ4v) is 7.57. The van der Waals surface area contributed by atoms with Gasteiger partial charge in [-0.1, -0.05) is 43.7 Å². The van der Waals surface area contributed by atoms with Crippen LogP contribution in [0.2, 0.25) is 0 Å². The first kappa shape index (κ1) is 33.4. The smallest absolute Gasteiger partial charge is 0.264 e. The number of hydrogen-bond acceptors (Lipinski definition) is 8. The lowest BCUT2D eigenvalue weighted by Gasteiger charge is -2.43. The first-order valence-corrected chi connectivity index (χ1v) is 18.0. The van der Waals surface area contributed by atoms with Crippen molar-refractivity contribution in [2.45, 2.75) is 83.8 Å². The number of hydrogen-bond donors (Lipinski definition) is 1. The number of fused-ring (bicyclic) bond motifs is 4. The monoisotopic (exact) mass is 668 g/mol. The van der Waals surface area contributed by atoms with Crippen LogP contribution in [0.5, 0.6) is 5.88 Å². The highest BCUT2D eigenvalue weighted by Crippen LogP contribution is 2.45. The number of aryl methyl sites for hydroxylation is 2. The molecule has 252 valence electrons. The van der Waals surface area contributed by atoms with Crippen molar-refractivity contribution < 1.29 is 17.9 Å². The summed E-state index contributed by atoms with van der Waals surface area (Å²) < 4.78 is 36.4. The number of nitrogens with one attached hydrogen (secondary N) is 1. The van der Waals surface area contributed by atoms with Gasteiger partial charge in [0.25, 0.3) is 15.9 Å². The predicted molar refractivity (Wildman–Crippen MR) is 188 cm³/mol. The van der Waals surface area contributed by atoms with Crippen LogP contribution in [0, 0.1) is 19.3 Å². The normalized spacial score (nSPS) is 18.4. The summed E-state index contributed by atoms with van der Waals surface area (Å²) in [5, 5.41) is 0. The molecule has 4 aromatic rings. The lowest BCUT2D eigenvalue weighted by molar-refractivity contribution is 0.0350. The van der Waals surface area contributed by atoms with E-state index < -0.39 is 10.0 Å². The van der Waals surface area contributed by atoms with Crippen LogP contribution in [0.4, 0.5) is 11.8 Å². The van der Waals surface area contributed by atoms with Crippen LogP contribution in [0.3, 0.4) is 0 Å². The first-order chi connectivity index (χ1) is 22.8. The van der Waals surface area contributed by atoms with E-state index in [1.807, 2.05) is 57.3 Å². The molecule has 48 heavy (non-hydrogen) atoms. The first-order valence-electron chi connectivity index (χ1n) is 16.5. The molecule has 1 fully saturated rings. The van der Waals surface area contributed by atoms with Crippen molar-refractivity contribution in [2.75, 3.05) is 23.3 Å². The van der Waals surface area contributed by atoms with Crippen molar-refractivity contribution in [2.24, 2.45) is 5.41 Å². The number of benzene rings is 2. The number of ether oxygens (including phenoxy) is 1. The van der Waals surface area contributed by atoms with Gasteiger partial charge >= 0.3 is 0 Å². The highest BCUT2D eigenvalue weighted by molar-refractivity contribution is 7.92. The van der Waals surface area contributed by atoms with E-state index in [0.29, 0.717) is 12.1 Å². The minimum atomic E-state index is -4.16. The summed E-state index contributed by atoms with van der Waals surface area (Å²) in [4.78, 5) is 32.5. The molecule has 0 spiro atoms. The van der Waals surface area contributed by atoms with Gasteiger partial charge in [0.05, 0.1) is 28.9 Å². The lowest BCUT2D eigenvalue weighted by atomic mass is 9.67. The Hall–Kier alpha value is -4.51. The van der Waals surface area contributed by atoms with Crippen LogP contribution in [0.1, 0.15) is 73.6 Å². The summed E-state index contributed by atoms with van der Waals surface area (Å²) in [6.45, 7) is 10.8. The van der Waals surface area contributed by atoms with Crippen LogP contribution in [0.15, 0.2) is 71.6 Å². The number of anilines is 2. The molecular weight excluding hydrogens is 625 g/mol. The summed E-state index contributed by atoms with van der Waals surface area (Å²) in [7, 11) is -2.16. The molecular formula is C37H44N6O4S. The zero-order chi connectivity index (χ0) is 34.2. The maximum absolute atomic E-state index is 14.5. The molecule has 1 N–H and O–H groups in total. The molecule has 2 aromatic heterocycles. The molecule has 1 aliphatic heterocycles. The van der Waals surface area contributed by atoms with Gasteiger partial charge in [0.1, 0.15) is 12.4 Å². The Morgan fingerprint density at radius 3 is 2.40 bits per heavy atom. The van der Waals surface area contributed by atoms with Crippen molar-refractivity contribution in [1.29, 1.82) is 0 Å². The topological polar surface area (TPSA) is 118 Å².